The Balaban J connectivity index is 1.13. The highest BCUT2D eigenvalue weighted by Gasteiger charge is 2.46. The molecule has 1 aliphatic carbocycles. The molecule has 0 fully saturated rings. The van der Waals surface area contributed by atoms with E-state index in [0.29, 0.717) is 5.56 Å². The van der Waals surface area contributed by atoms with Crippen molar-refractivity contribution < 1.29 is 0 Å². The van der Waals surface area contributed by atoms with Gasteiger partial charge in [0.2, 0.25) is 0 Å². The molecule has 10 rings (SSSR count). The van der Waals surface area contributed by atoms with Gasteiger partial charge in [0, 0.05) is 17.1 Å². The second kappa shape index (κ2) is 13.2. The van der Waals surface area contributed by atoms with Crippen LogP contribution >= 0.6 is 0 Å². The standard InChI is InChI=1S/C52H33N3/c53-33-35-18-20-36(21-19-35)37-22-24-38(25-23-37)40-26-28-46-47-29-27-41(39-11-9-12-42(30-39)51-54-34-43-10-7-8-17-50(43)55-51)32-49(47)52(48(46)31-40,44-13-3-1-4-14-44)45-15-5-2-6-16-45/h1-32,34H. The lowest BCUT2D eigenvalue weighted by Gasteiger charge is -2.34. The zero-order valence-electron chi connectivity index (χ0n) is 29.9. The third kappa shape index (κ3) is 5.43. The predicted octanol–water partition coefficient (Wildman–Crippen LogP) is 12.5. The number of benzene rings is 8. The summed E-state index contributed by atoms with van der Waals surface area (Å²) in [6.07, 6.45) is 1.91. The predicted molar refractivity (Wildman–Crippen MR) is 223 cm³/mol. The summed E-state index contributed by atoms with van der Waals surface area (Å²) in [5.74, 6) is 0.717. The van der Waals surface area contributed by atoms with Crippen LogP contribution in [0.4, 0.5) is 0 Å². The van der Waals surface area contributed by atoms with Gasteiger partial charge in [0.05, 0.1) is 22.6 Å². The normalized spacial score (nSPS) is 12.5. The summed E-state index contributed by atoms with van der Waals surface area (Å²) in [7, 11) is 0. The van der Waals surface area contributed by atoms with Crippen LogP contribution in [-0.4, -0.2) is 9.97 Å². The summed E-state index contributed by atoms with van der Waals surface area (Å²) < 4.78 is 0. The smallest absolute Gasteiger partial charge is 0.159 e. The van der Waals surface area contributed by atoms with Crippen molar-refractivity contribution in [2.24, 2.45) is 0 Å². The van der Waals surface area contributed by atoms with Gasteiger partial charge in [-0.1, -0.05) is 158 Å². The maximum absolute atomic E-state index is 9.26. The van der Waals surface area contributed by atoms with E-state index in [1.165, 1.54) is 33.4 Å². The van der Waals surface area contributed by atoms with Gasteiger partial charge < -0.3 is 0 Å². The molecule has 0 N–H and O–H groups in total. The molecule has 0 spiro atoms. The molecule has 0 unspecified atom stereocenters. The fourth-order valence-electron chi connectivity index (χ4n) is 8.39. The Morgan fingerprint density at radius 2 is 0.909 bits per heavy atom. The molecule has 0 saturated heterocycles. The quantitative estimate of drug-likeness (QED) is 0.174. The van der Waals surface area contributed by atoms with Crippen LogP contribution < -0.4 is 0 Å². The van der Waals surface area contributed by atoms with Gasteiger partial charge in [-0.2, -0.15) is 5.26 Å². The maximum Gasteiger partial charge on any atom is 0.159 e. The van der Waals surface area contributed by atoms with Crippen LogP contribution in [-0.2, 0) is 5.41 Å². The van der Waals surface area contributed by atoms with Gasteiger partial charge in [0.15, 0.2) is 5.82 Å². The second-order valence-corrected chi connectivity index (χ2v) is 14.1. The Kier molecular flexibility index (Phi) is 7.75. The van der Waals surface area contributed by atoms with E-state index in [1.54, 1.807) is 0 Å². The summed E-state index contributed by atoms with van der Waals surface area (Å²) in [6.45, 7) is 0. The molecule has 1 aromatic heterocycles. The number of para-hydroxylation sites is 1. The topological polar surface area (TPSA) is 49.6 Å². The average Bonchev–Trinajstić information content (AvgIpc) is 3.56. The molecule has 9 aromatic rings. The van der Waals surface area contributed by atoms with E-state index in [0.717, 1.165) is 55.7 Å². The van der Waals surface area contributed by atoms with Gasteiger partial charge >= 0.3 is 0 Å². The Labute approximate surface area is 320 Å². The van der Waals surface area contributed by atoms with E-state index in [4.69, 9.17) is 9.97 Å². The minimum atomic E-state index is -0.555. The molecule has 0 atom stereocenters. The Morgan fingerprint density at radius 3 is 1.53 bits per heavy atom. The number of hydrogen-bond donors (Lipinski definition) is 0. The average molecular weight is 700 g/mol. The van der Waals surface area contributed by atoms with Gasteiger partial charge in [-0.05, 0) is 103 Å². The summed E-state index contributed by atoms with van der Waals surface area (Å²) in [5.41, 5.74) is 16.3. The van der Waals surface area contributed by atoms with E-state index in [2.05, 4.69) is 152 Å². The third-order valence-electron chi connectivity index (χ3n) is 11.1. The lowest BCUT2D eigenvalue weighted by Crippen LogP contribution is -2.28. The number of rotatable bonds is 6. The van der Waals surface area contributed by atoms with Gasteiger partial charge in [0.25, 0.3) is 0 Å². The van der Waals surface area contributed by atoms with Crippen molar-refractivity contribution in [3.05, 3.63) is 228 Å². The fourth-order valence-corrected chi connectivity index (χ4v) is 8.39. The van der Waals surface area contributed by atoms with Crippen LogP contribution in [0.2, 0.25) is 0 Å². The van der Waals surface area contributed by atoms with Crippen molar-refractivity contribution >= 4 is 10.9 Å². The number of nitrogens with zero attached hydrogens (tertiary/aromatic N) is 3. The first kappa shape index (κ1) is 32.3. The molecule has 3 heteroatoms. The van der Waals surface area contributed by atoms with E-state index in [1.807, 2.05) is 54.7 Å². The highest BCUT2D eigenvalue weighted by atomic mass is 14.9. The fraction of sp³-hybridized carbons (Fsp3) is 0.0192. The lowest BCUT2D eigenvalue weighted by molar-refractivity contribution is 0.769. The molecule has 0 bridgehead atoms. The van der Waals surface area contributed by atoms with E-state index >= 15 is 0 Å². The first-order valence-corrected chi connectivity index (χ1v) is 18.5. The van der Waals surface area contributed by atoms with Crippen LogP contribution in [0.5, 0.6) is 0 Å². The molecule has 256 valence electrons. The first-order chi connectivity index (χ1) is 27.2. The van der Waals surface area contributed by atoms with Crippen LogP contribution in [0.25, 0.3) is 66.8 Å². The molecule has 0 radical (unpaired) electrons. The molecule has 1 heterocycles. The van der Waals surface area contributed by atoms with Crippen LogP contribution in [0, 0.1) is 11.3 Å². The summed E-state index contributed by atoms with van der Waals surface area (Å²) in [6, 6.07) is 71.3. The number of fused-ring (bicyclic) bond motifs is 4. The van der Waals surface area contributed by atoms with Crippen LogP contribution in [0.3, 0.4) is 0 Å². The summed E-state index contributed by atoms with van der Waals surface area (Å²) in [5, 5.41) is 10.3. The van der Waals surface area contributed by atoms with Crippen molar-refractivity contribution in [3.63, 3.8) is 0 Å². The van der Waals surface area contributed by atoms with Gasteiger partial charge in [-0.15, -0.1) is 0 Å². The molecule has 8 aromatic carbocycles. The molecule has 0 aliphatic heterocycles. The van der Waals surface area contributed by atoms with Crippen molar-refractivity contribution in [2.75, 3.05) is 0 Å². The van der Waals surface area contributed by atoms with Gasteiger partial charge in [-0.25, -0.2) is 9.97 Å². The van der Waals surface area contributed by atoms with E-state index in [-0.39, 0.29) is 0 Å². The molecule has 0 amide bonds. The van der Waals surface area contributed by atoms with Crippen LogP contribution in [0.15, 0.2) is 200 Å². The third-order valence-corrected chi connectivity index (χ3v) is 11.1. The molecule has 1 aliphatic rings. The summed E-state index contributed by atoms with van der Waals surface area (Å²) >= 11 is 0. The van der Waals surface area contributed by atoms with Crippen molar-refractivity contribution in [2.45, 2.75) is 5.41 Å². The minimum Gasteiger partial charge on any atom is -0.236 e. The minimum absolute atomic E-state index is 0.555. The van der Waals surface area contributed by atoms with E-state index in [9.17, 15) is 5.26 Å². The van der Waals surface area contributed by atoms with Crippen molar-refractivity contribution in [3.8, 4) is 62.0 Å². The molecule has 55 heavy (non-hydrogen) atoms. The zero-order valence-corrected chi connectivity index (χ0v) is 29.9. The van der Waals surface area contributed by atoms with Crippen molar-refractivity contribution in [1.82, 2.24) is 9.97 Å². The monoisotopic (exact) mass is 699 g/mol. The van der Waals surface area contributed by atoms with Gasteiger partial charge in [0.1, 0.15) is 0 Å². The van der Waals surface area contributed by atoms with Crippen LogP contribution in [0.1, 0.15) is 27.8 Å². The Morgan fingerprint density at radius 1 is 0.418 bits per heavy atom. The molecule has 3 nitrogen and oxygen atoms in total. The highest BCUT2D eigenvalue weighted by Crippen LogP contribution is 2.57. The maximum atomic E-state index is 9.26. The molecular formula is C52H33N3. The summed E-state index contributed by atoms with van der Waals surface area (Å²) in [4.78, 5) is 9.64. The second-order valence-electron chi connectivity index (χ2n) is 14.1. The molecule has 0 saturated carbocycles. The Bertz CT molecular complexity index is 2870. The number of hydrogen-bond acceptors (Lipinski definition) is 3. The van der Waals surface area contributed by atoms with Crippen molar-refractivity contribution in [1.29, 1.82) is 5.26 Å². The SMILES string of the molecule is N#Cc1ccc(-c2ccc(-c3ccc4c(c3)C(c3ccccc3)(c3ccccc3)c3cc(-c5cccc(-c6ncc7ccccc7n6)c5)ccc3-4)cc2)cc1. The number of nitriles is 1. The van der Waals surface area contributed by atoms with Gasteiger partial charge in [-0.3, -0.25) is 0 Å². The lowest BCUT2D eigenvalue weighted by atomic mass is 9.67. The first-order valence-electron chi connectivity index (χ1n) is 18.5. The Hall–Kier alpha value is -7.41. The largest absolute Gasteiger partial charge is 0.236 e. The number of aromatic nitrogens is 2. The highest BCUT2D eigenvalue weighted by molar-refractivity contribution is 5.90. The molecular weight excluding hydrogens is 667 g/mol. The van der Waals surface area contributed by atoms with E-state index < -0.39 is 5.41 Å². The zero-order chi connectivity index (χ0) is 36.8.